The molecule has 0 saturated heterocycles. The minimum atomic E-state index is -0.540. The Balaban J connectivity index is 2.13. The van der Waals surface area contributed by atoms with Crippen molar-refractivity contribution >= 4 is 17.6 Å². The second-order valence-corrected chi connectivity index (χ2v) is 6.38. The first-order valence-corrected chi connectivity index (χ1v) is 7.11. The number of thiazole rings is 1. The lowest BCUT2D eigenvalue weighted by molar-refractivity contribution is 0.111. The number of ether oxygens (including phenoxy) is 1. The Morgan fingerprint density at radius 3 is 2.75 bits per heavy atom. The molecule has 0 atom stereocenters. The quantitative estimate of drug-likeness (QED) is 0.801. The molecule has 0 spiro atoms. The minimum absolute atomic E-state index is 0.0185. The maximum Gasteiger partial charge on any atom is 0.166 e. The summed E-state index contributed by atoms with van der Waals surface area (Å²) in [5, 5.41) is 2.73. The molecule has 0 aliphatic heterocycles. The molecular formula is C15H16FNO2S. The van der Waals surface area contributed by atoms with Crippen LogP contribution in [-0.2, 0) is 12.0 Å². The second kappa shape index (κ2) is 5.71. The first-order chi connectivity index (χ1) is 9.41. The Hall–Kier alpha value is -1.75. The molecule has 3 nitrogen and oxygen atoms in total. The number of halogens is 1. The van der Waals surface area contributed by atoms with E-state index in [0.717, 1.165) is 10.7 Å². The molecule has 0 N–H and O–H groups in total. The third-order valence-corrected chi connectivity index (χ3v) is 3.61. The van der Waals surface area contributed by atoms with E-state index >= 15 is 0 Å². The van der Waals surface area contributed by atoms with E-state index in [0.29, 0.717) is 6.29 Å². The molecule has 0 aliphatic carbocycles. The van der Waals surface area contributed by atoms with Gasteiger partial charge in [-0.25, -0.2) is 9.37 Å². The SMILES string of the molecule is CC(C)(C)c1csc(COc2c(F)cccc2C=O)n1. The van der Waals surface area contributed by atoms with Gasteiger partial charge in [-0.1, -0.05) is 26.8 Å². The van der Waals surface area contributed by atoms with Crippen LogP contribution in [0, 0.1) is 5.82 Å². The van der Waals surface area contributed by atoms with Crippen LogP contribution in [0.2, 0.25) is 0 Å². The van der Waals surface area contributed by atoms with Gasteiger partial charge in [-0.05, 0) is 12.1 Å². The zero-order valence-corrected chi connectivity index (χ0v) is 12.5. The summed E-state index contributed by atoms with van der Waals surface area (Å²) in [6.07, 6.45) is 0.584. The average Bonchev–Trinajstić information content (AvgIpc) is 2.85. The third kappa shape index (κ3) is 3.22. The summed E-state index contributed by atoms with van der Waals surface area (Å²) >= 11 is 1.47. The summed E-state index contributed by atoms with van der Waals surface area (Å²) in [7, 11) is 0. The summed E-state index contributed by atoms with van der Waals surface area (Å²) in [4.78, 5) is 15.3. The number of carbonyl (C=O) groups is 1. The number of carbonyl (C=O) groups excluding carboxylic acids is 1. The lowest BCUT2D eigenvalue weighted by atomic mass is 9.93. The molecule has 2 aromatic rings. The number of aromatic nitrogens is 1. The number of nitrogens with zero attached hydrogens (tertiary/aromatic N) is 1. The van der Waals surface area contributed by atoms with Gasteiger partial charge in [-0.2, -0.15) is 0 Å². The number of hydrogen-bond donors (Lipinski definition) is 0. The van der Waals surface area contributed by atoms with E-state index in [1.54, 1.807) is 0 Å². The van der Waals surface area contributed by atoms with Crippen LogP contribution >= 0.6 is 11.3 Å². The molecule has 0 fully saturated rings. The minimum Gasteiger partial charge on any atom is -0.483 e. The highest BCUT2D eigenvalue weighted by molar-refractivity contribution is 7.09. The molecule has 20 heavy (non-hydrogen) atoms. The van der Waals surface area contributed by atoms with Crippen molar-refractivity contribution in [3.05, 3.63) is 45.7 Å². The average molecular weight is 293 g/mol. The number of hydrogen-bond acceptors (Lipinski definition) is 4. The molecule has 2 rings (SSSR count). The highest BCUT2D eigenvalue weighted by Gasteiger charge is 2.18. The third-order valence-electron chi connectivity index (χ3n) is 2.78. The fourth-order valence-corrected chi connectivity index (χ4v) is 2.56. The van der Waals surface area contributed by atoms with Gasteiger partial charge < -0.3 is 4.74 Å². The largest absolute Gasteiger partial charge is 0.483 e. The van der Waals surface area contributed by atoms with Gasteiger partial charge in [0.15, 0.2) is 17.9 Å². The summed E-state index contributed by atoms with van der Waals surface area (Å²) in [6.45, 7) is 6.39. The molecule has 1 aromatic heterocycles. The maximum absolute atomic E-state index is 13.6. The lowest BCUT2D eigenvalue weighted by Crippen LogP contribution is -2.11. The van der Waals surface area contributed by atoms with Gasteiger partial charge in [-0.3, -0.25) is 4.79 Å². The summed E-state index contributed by atoms with van der Waals surface area (Å²) < 4.78 is 19.0. The van der Waals surface area contributed by atoms with E-state index in [4.69, 9.17) is 4.74 Å². The molecule has 0 radical (unpaired) electrons. The van der Waals surface area contributed by atoms with Gasteiger partial charge in [0.2, 0.25) is 0 Å². The fraction of sp³-hybridized carbons (Fsp3) is 0.333. The monoisotopic (exact) mass is 293 g/mol. The van der Waals surface area contributed by atoms with Gasteiger partial charge >= 0.3 is 0 Å². The highest BCUT2D eigenvalue weighted by Crippen LogP contribution is 2.26. The van der Waals surface area contributed by atoms with Gasteiger partial charge in [0, 0.05) is 10.8 Å². The molecule has 106 valence electrons. The molecular weight excluding hydrogens is 277 g/mol. The summed E-state index contributed by atoms with van der Waals surface area (Å²) in [6, 6.07) is 4.27. The Morgan fingerprint density at radius 1 is 1.40 bits per heavy atom. The molecule has 0 bridgehead atoms. The summed E-state index contributed by atoms with van der Waals surface area (Å²) in [5.74, 6) is -0.558. The molecule has 0 unspecified atom stereocenters. The van der Waals surface area contributed by atoms with Crippen molar-refractivity contribution in [2.24, 2.45) is 0 Å². The van der Waals surface area contributed by atoms with Crippen LogP contribution < -0.4 is 4.74 Å². The normalized spacial score (nSPS) is 11.4. The molecule has 0 amide bonds. The molecule has 0 aliphatic rings. The Morgan fingerprint density at radius 2 is 2.15 bits per heavy atom. The van der Waals surface area contributed by atoms with Crippen LogP contribution in [0.5, 0.6) is 5.75 Å². The standard InChI is InChI=1S/C15H16FNO2S/c1-15(2,3)12-9-20-13(17-12)8-19-14-10(7-18)5-4-6-11(14)16/h4-7,9H,8H2,1-3H3. The Labute approximate surface area is 121 Å². The van der Waals surface area contributed by atoms with Gasteiger partial charge in [0.25, 0.3) is 0 Å². The molecule has 0 saturated carbocycles. The Bertz CT molecular complexity index is 617. The fourth-order valence-electron chi connectivity index (χ4n) is 1.63. The lowest BCUT2D eigenvalue weighted by Gasteiger charge is -2.14. The number of aldehydes is 1. The second-order valence-electron chi connectivity index (χ2n) is 5.44. The smallest absolute Gasteiger partial charge is 0.166 e. The van der Waals surface area contributed by atoms with Crippen LogP contribution in [0.4, 0.5) is 4.39 Å². The highest BCUT2D eigenvalue weighted by atomic mass is 32.1. The van der Waals surface area contributed by atoms with Crippen molar-refractivity contribution < 1.29 is 13.9 Å². The van der Waals surface area contributed by atoms with Gasteiger partial charge in [0.05, 0.1) is 11.3 Å². The van der Waals surface area contributed by atoms with E-state index < -0.39 is 5.82 Å². The topological polar surface area (TPSA) is 39.2 Å². The van der Waals surface area contributed by atoms with E-state index in [1.165, 1.54) is 29.5 Å². The van der Waals surface area contributed by atoms with Crippen LogP contribution in [0.25, 0.3) is 0 Å². The predicted molar refractivity (Wildman–Crippen MR) is 76.9 cm³/mol. The van der Waals surface area contributed by atoms with Crippen molar-refractivity contribution in [3.8, 4) is 5.75 Å². The maximum atomic E-state index is 13.6. The van der Waals surface area contributed by atoms with E-state index in [9.17, 15) is 9.18 Å². The molecule has 1 aromatic carbocycles. The van der Waals surface area contributed by atoms with Crippen molar-refractivity contribution in [2.75, 3.05) is 0 Å². The number of rotatable bonds is 4. The van der Waals surface area contributed by atoms with Gasteiger partial charge in [-0.15, -0.1) is 11.3 Å². The van der Waals surface area contributed by atoms with Crippen molar-refractivity contribution in [3.63, 3.8) is 0 Å². The van der Waals surface area contributed by atoms with E-state index in [1.807, 2.05) is 5.38 Å². The van der Waals surface area contributed by atoms with Crippen LogP contribution in [0.1, 0.15) is 41.8 Å². The first-order valence-electron chi connectivity index (χ1n) is 6.23. The predicted octanol–water partition coefficient (Wildman–Crippen LogP) is 3.97. The van der Waals surface area contributed by atoms with Crippen LogP contribution in [0.15, 0.2) is 23.6 Å². The molecule has 1 heterocycles. The number of benzene rings is 1. The number of para-hydroxylation sites is 1. The van der Waals surface area contributed by atoms with Crippen molar-refractivity contribution in [1.29, 1.82) is 0 Å². The van der Waals surface area contributed by atoms with E-state index in [-0.39, 0.29) is 23.3 Å². The zero-order valence-electron chi connectivity index (χ0n) is 11.6. The van der Waals surface area contributed by atoms with Crippen LogP contribution in [0.3, 0.4) is 0 Å². The zero-order chi connectivity index (χ0) is 14.8. The molecule has 5 heteroatoms. The van der Waals surface area contributed by atoms with Gasteiger partial charge in [0.1, 0.15) is 11.6 Å². The van der Waals surface area contributed by atoms with Crippen molar-refractivity contribution in [2.45, 2.75) is 32.8 Å². The van der Waals surface area contributed by atoms with Crippen LogP contribution in [-0.4, -0.2) is 11.3 Å². The first kappa shape index (κ1) is 14.7. The Kier molecular flexibility index (Phi) is 4.18. The van der Waals surface area contributed by atoms with Crippen molar-refractivity contribution in [1.82, 2.24) is 4.98 Å². The van der Waals surface area contributed by atoms with E-state index in [2.05, 4.69) is 25.8 Å². The summed E-state index contributed by atoms with van der Waals surface area (Å²) in [5.41, 5.74) is 1.16.